The van der Waals surface area contributed by atoms with E-state index in [9.17, 15) is 4.39 Å². The van der Waals surface area contributed by atoms with Crippen molar-refractivity contribution in [2.75, 3.05) is 0 Å². The molecule has 0 spiro atoms. The molecule has 78 valence electrons. The Morgan fingerprint density at radius 3 is 1.56 bits per heavy atom. The lowest BCUT2D eigenvalue weighted by Crippen LogP contribution is -2.09. The van der Waals surface area contributed by atoms with Crippen LogP contribution in [0.1, 0.15) is 0 Å². The number of hydrogen-bond donors (Lipinski definition) is 0. The first kappa shape index (κ1) is 10.9. The zero-order chi connectivity index (χ0) is 11.2. The van der Waals surface area contributed by atoms with Gasteiger partial charge in [-0.3, -0.25) is 0 Å². The van der Waals surface area contributed by atoms with Gasteiger partial charge in [-0.1, -0.05) is 60.7 Å². The Kier molecular flexibility index (Phi) is 3.70. The fraction of sp³-hybridized carbons (Fsp3) is 0. The highest BCUT2D eigenvalue weighted by atomic mass is 31.1. The van der Waals surface area contributed by atoms with E-state index in [0.29, 0.717) is 0 Å². The highest BCUT2D eigenvalue weighted by Gasteiger charge is 2.09. The minimum Gasteiger partial charge on any atom is -0.144 e. The van der Waals surface area contributed by atoms with Gasteiger partial charge in [-0.05, 0) is 16.3 Å². The van der Waals surface area contributed by atoms with Gasteiger partial charge in [0.1, 0.15) is 6.17 Å². The van der Waals surface area contributed by atoms with Crippen molar-refractivity contribution < 1.29 is 4.39 Å². The molecule has 0 unspecified atom stereocenters. The Labute approximate surface area is 95.9 Å². The SMILES string of the molecule is FC#CP(c1ccccc1)c1ccccc1. The average Bonchev–Trinajstić information content (AvgIpc) is 2.38. The number of halogens is 1. The highest BCUT2D eigenvalue weighted by molar-refractivity contribution is 7.77. The Bertz CT molecular complexity index is 457. The monoisotopic (exact) mass is 228 g/mol. The molecule has 2 rings (SSSR count). The Hall–Kier alpha value is -1.64. The topological polar surface area (TPSA) is 0 Å². The average molecular weight is 228 g/mol. The van der Waals surface area contributed by atoms with Crippen molar-refractivity contribution in [3.8, 4) is 11.8 Å². The molecule has 0 aliphatic rings. The summed E-state index contributed by atoms with van der Waals surface area (Å²) in [5.74, 6) is 0. The third kappa shape index (κ3) is 2.48. The Morgan fingerprint density at radius 2 is 1.19 bits per heavy atom. The number of rotatable bonds is 2. The second-order valence-corrected chi connectivity index (χ2v) is 5.14. The summed E-state index contributed by atoms with van der Waals surface area (Å²) in [7, 11) is -0.887. The van der Waals surface area contributed by atoms with Gasteiger partial charge in [0.05, 0.1) is 0 Å². The van der Waals surface area contributed by atoms with Crippen LogP contribution in [0.5, 0.6) is 0 Å². The molecule has 16 heavy (non-hydrogen) atoms. The molecule has 0 amide bonds. The van der Waals surface area contributed by atoms with Crippen LogP contribution in [0.25, 0.3) is 0 Å². The smallest absolute Gasteiger partial charge is 0.110 e. The molecule has 2 aromatic rings. The van der Waals surface area contributed by atoms with Gasteiger partial charge in [0.2, 0.25) is 0 Å². The van der Waals surface area contributed by atoms with Gasteiger partial charge in [0.25, 0.3) is 0 Å². The van der Waals surface area contributed by atoms with Gasteiger partial charge >= 0.3 is 0 Å². The van der Waals surface area contributed by atoms with Crippen molar-refractivity contribution in [2.45, 2.75) is 0 Å². The summed E-state index contributed by atoms with van der Waals surface area (Å²) in [4.78, 5) is 0. The fourth-order valence-electron chi connectivity index (χ4n) is 1.47. The molecule has 0 nitrogen and oxygen atoms in total. The fourth-order valence-corrected chi connectivity index (χ4v) is 3.06. The normalized spacial score (nSPS) is 9.62. The van der Waals surface area contributed by atoms with Crippen LogP contribution in [0.2, 0.25) is 0 Å². The van der Waals surface area contributed by atoms with Crippen molar-refractivity contribution in [3.63, 3.8) is 0 Å². The summed E-state index contributed by atoms with van der Waals surface area (Å²) in [6.07, 6.45) is 1.54. The van der Waals surface area contributed by atoms with E-state index in [1.54, 1.807) is 6.17 Å². The first-order chi connectivity index (χ1) is 7.92. The predicted molar refractivity (Wildman–Crippen MR) is 68.0 cm³/mol. The van der Waals surface area contributed by atoms with E-state index in [0.717, 1.165) is 10.6 Å². The highest BCUT2D eigenvalue weighted by Crippen LogP contribution is 2.31. The summed E-state index contributed by atoms with van der Waals surface area (Å²) in [5, 5.41) is 2.16. The molecule has 0 saturated carbocycles. The summed E-state index contributed by atoms with van der Waals surface area (Å²) < 4.78 is 12.3. The first-order valence-electron chi connectivity index (χ1n) is 4.93. The summed E-state index contributed by atoms with van der Waals surface area (Å²) >= 11 is 0. The molecule has 0 fully saturated rings. The van der Waals surface area contributed by atoms with Crippen molar-refractivity contribution in [3.05, 3.63) is 60.7 Å². The molecule has 0 bridgehead atoms. The zero-order valence-electron chi connectivity index (χ0n) is 8.60. The maximum absolute atomic E-state index is 12.3. The maximum atomic E-state index is 12.3. The van der Waals surface area contributed by atoms with Crippen LogP contribution in [0, 0.1) is 11.8 Å². The number of hydrogen-bond acceptors (Lipinski definition) is 0. The first-order valence-corrected chi connectivity index (χ1v) is 6.27. The Morgan fingerprint density at radius 1 is 0.750 bits per heavy atom. The molecular weight excluding hydrogens is 218 g/mol. The summed E-state index contributed by atoms with van der Waals surface area (Å²) in [6, 6.07) is 19.7. The van der Waals surface area contributed by atoms with Crippen molar-refractivity contribution >= 4 is 18.5 Å². The standard InChI is InChI=1S/C14H10FP/c15-11-12-16(13-7-3-1-4-8-13)14-9-5-2-6-10-14/h1-10H. The third-order valence-corrected chi connectivity index (χ3v) is 4.12. The van der Waals surface area contributed by atoms with Gasteiger partial charge in [-0.25, -0.2) is 0 Å². The van der Waals surface area contributed by atoms with Crippen LogP contribution in [0.15, 0.2) is 60.7 Å². The second-order valence-electron chi connectivity index (χ2n) is 3.21. The molecule has 2 aromatic carbocycles. The molecule has 2 heteroatoms. The molecule has 0 N–H and O–H groups in total. The van der Waals surface area contributed by atoms with Crippen LogP contribution in [-0.2, 0) is 0 Å². The Balaban J connectivity index is 2.42. The molecule has 0 radical (unpaired) electrons. The van der Waals surface area contributed by atoms with E-state index in [1.165, 1.54) is 0 Å². The second kappa shape index (κ2) is 5.45. The zero-order valence-corrected chi connectivity index (χ0v) is 9.49. The van der Waals surface area contributed by atoms with Crippen LogP contribution in [-0.4, -0.2) is 0 Å². The molecule has 0 atom stereocenters. The minimum absolute atomic E-state index is 0.887. The van der Waals surface area contributed by atoms with Crippen LogP contribution in [0.4, 0.5) is 4.39 Å². The summed E-state index contributed by atoms with van der Waals surface area (Å²) in [6.45, 7) is 0. The predicted octanol–water partition coefficient (Wildman–Crippen LogP) is 3.01. The minimum atomic E-state index is -0.887. The molecule has 0 heterocycles. The molecule has 0 aliphatic heterocycles. The van der Waals surface area contributed by atoms with Crippen molar-refractivity contribution in [2.24, 2.45) is 0 Å². The molecular formula is C14H10FP. The van der Waals surface area contributed by atoms with Gasteiger partial charge in [-0.2, -0.15) is 0 Å². The van der Waals surface area contributed by atoms with E-state index < -0.39 is 7.92 Å². The quantitative estimate of drug-likeness (QED) is 0.547. The van der Waals surface area contributed by atoms with Crippen molar-refractivity contribution in [1.29, 1.82) is 0 Å². The number of benzene rings is 2. The lowest BCUT2D eigenvalue weighted by molar-refractivity contribution is 0.775. The van der Waals surface area contributed by atoms with E-state index in [2.05, 4.69) is 5.66 Å². The molecule has 0 aliphatic carbocycles. The molecule has 0 aromatic heterocycles. The van der Waals surface area contributed by atoms with Gasteiger partial charge in [-0.15, -0.1) is 4.39 Å². The lowest BCUT2D eigenvalue weighted by Gasteiger charge is -2.10. The largest absolute Gasteiger partial charge is 0.144 e. The maximum Gasteiger partial charge on any atom is 0.110 e. The van der Waals surface area contributed by atoms with Crippen LogP contribution in [0.3, 0.4) is 0 Å². The van der Waals surface area contributed by atoms with Gasteiger partial charge in [0, 0.05) is 7.92 Å². The van der Waals surface area contributed by atoms with Gasteiger partial charge in [0.15, 0.2) is 0 Å². The van der Waals surface area contributed by atoms with E-state index in [-0.39, 0.29) is 0 Å². The summed E-state index contributed by atoms with van der Waals surface area (Å²) in [5.41, 5.74) is 2.66. The van der Waals surface area contributed by atoms with Crippen molar-refractivity contribution in [1.82, 2.24) is 0 Å². The lowest BCUT2D eigenvalue weighted by atomic mass is 10.4. The van der Waals surface area contributed by atoms with E-state index in [4.69, 9.17) is 0 Å². The van der Waals surface area contributed by atoms with Crippen LogP contribution < -0.4 is 10.6 Å². The molecule has 0 saturated heterocycles. The van der Waals surface area contributed by atoms with Crippen LogP contribution >= 0.6 is 7.92 Å². The van der Waals surface area contributed by atoms with Gasteiger partial charge < -0.3 is 0 Å². The third-order valence-electron chi connectivity index (χ3n) is 2.18. The van der Waals surface area contributed by atoms with E-state index in [1.807, 2.05) is 60.7 Å². The van der Waals surface area contributed by atoms with E-state index >= 15 is 0 Å².